The zero-order chi connectivity index (χ0) is 42.8. The summed E-state index contributed by atoms with van der Waals surface area (Å²) >= 11 is 0. The van der Waals surface area contributed by atoms with E-state index >= 15 is 0 Å². The molecule has 14 heteroatoms. The number of piperidine rings is 1. The van der Waals surface area contributed by atoms with Crippen molar-refractivity contribution in [2.45, 2.75) is 103 Å². The highest BCUT2D eigenvalue weighted by Gasteiger charge is 2.47. The molecule has 2 aliphatic carbocycles. The molecule has 5 aromatic rings. The number of fused-ring (bicyclic) bond motifs is 1. The van der Waals surface area contributed by atoms with Gasteiger partial charge >= 0.3 is 5.97 Å². The van der Waals surface area contributed by atoms with E-state index in [9.17, 15) is 9.18 Å². The SMILES string of the molecule is COC(=O)c1ccc2c(c1)N(Cc1cncn1CC1CC1)C(Cc1cncn1CC1CC1)(CN1CCC(Oc3cccc(COc4ccc(C#C[Si](C)(C)C)cc4F)n3)CC1)N2. The highest BCUT2D eigenvalue weighted by molar-refractivity contribution is 6.83. The highest BCUT2D eigenvalue weighted by Crippen LogP contribution is 2.45. The van der Waals surface area contributed by atoms with Crippen LogP contribution >= 0.6 is 0 Å². The van der Waals surface area contributed by atoms with Crippen molar-refractivity contribution >= 4 is 25.4 Å². The lowest BCUT2D eigenvalue weighted by Gasteiger charge is -2.45. The third-order valence-corrected chi connectivity index (χ3v) is 13.1. The lowest BCUT2D eigenvalue weighted by Crippen LogP contribution is -2.60. The molecule has 1 atom stereocenters. The Kier molecular flexibility index (Phi) is 11.8. The molecule has 2 saturated carbocycles. The van der Waals surface area contributed by atoms with E-state index in [0.717, 1.165) is 62.6 Å². The second kappa shape index (κ2) is 17.6. The second-order valence-corrected chi connectivity index (χ2v) is 23.3. The fraction of sp³-hybridized carbons (Fsp3) is 0.458. The van der Waals surface area contributed by atoms with Crippen LogP contribution in [0.5, 0.6) is 11.6 Å². The maximum atomic E-state index is 14.9. The monoisotopic (exact) mass is 856 g/mol. The Labute approximate surface area is 364 Å². The van der Waals surface area contributed by atoms with Crippen molar-refractivity contribution in [2.24, 2.45) is 11.8 Å². The maximum absolute atomic E-state index is 14.9. The minimum atomic E-state index is -1.57. The first-order valence-electron chi connectivity index (χ1n) is 22.1. The minimum absolute atomic E-state index is 0.0164. The third-order valence-electron chi connectivity index (χ3n) is 12.3. The van der Waals surface area contributed by atoms with Crippen LogP contribution in [0.25, 0.3) is 0 Å². The summed E-state index contributed by atoms with van der Waals surface area (Å²) in [5.74, 6) is 4.40. The molecule has 0 bridgehead atoms. The first-order chi connectivity index (χ1) is 30.0. The van der Waals surface area contributed by atoms with Gasteiger partial charge in [-0.1, -0.05) is 31.6 Å². The molecule has 12 nitrogen and oxygen atoms in total. The van der Waals surface area contributed by atoms with E-state index in [2.05, 4.69) is 65.3 Å². The zero-order valence-electron chi connectivity index (χ0n) is 36.3. The van der Waals surface area contributed by atoms with Crippen molar-refractivity contribution < 1.29 is 23.4 Å². The number of hydrogen-bond donors (Lipinski definition) is 1. The Hall–Kier alpha value is -5.65. The normalized spacial score (nSPS) is 19.1. The van der Waals surface area contributed by atoms with E-state index in [1.165, 1.54) is 44.6 Å². The summed E-state index contributed by atoms with van der Waals surface area (Å²) in [4.78, 5) is 31.9. The van der Waals surface area contributed by atoms with Crippen molar-refractivity contribution in [3.8, 4) is 23.1 Å². The van der Waals surface area contributed by atoms with Gasteiger partial charge in [-0.3, -0.25) is 4.90 Å². The quantitative estimate of drug-likeness (QED) is 0.0597. The molecule has 2 aliphatic heterocycles. The Morgan fingerprint density at radius 2 is 1.65 bits per heavy atom. The molecule has 3 fully saturated rings. The molecule has 324 valence electrons. The first-order valence-corrected chi connectivity index (χ1v) is 25.6. The number of nitrogens with one attached hydrogen (secondary N) is 1. The Balaban J connectivity index is 0.912. The average Bonchev–Trinajstić information content (AvgIpc) is 4.15. The summed E-state index contributed by atoms with van der Waals surface area (Å²) in [5.41, 5.74) is 8.81. The fourth-order valence-electron chi connectivity index (χ4n) is 8.57. The minimum Gasteiger partial charge on any atom is -0.484 e. The van der Waals surface area contributed by atoms with Crippen LogP contribution in [0.1, 0.15) is 71.5 Å². The highest BCUT2D eigenvalue weighted by atomic mass is 28.3. The molecule has 3 aromatic heterocycles. The summed E-state index contributed by atoms with van der Waals surface area (Å²) in [6.45, 7) is 11.5. The predicted octanol–water partition coefficient (Wildman–Crippen LogP) is 7.94. The number of carbonyl (C=O) groups is 1. The van der Waals surface area contributed by atoms with Crippen molar-refractivity contribution in [2.75, 3.05) is 37.0 Å². The summed E-state index contributed by atoms with van der Waals surface area (Å²) in [5, 5.41) is 4.03. The standard InChI is InChI=1S/C48H57FN8O4Si/c1-59-47(58)37-13-14-43-44(23-37)57(29-40-26-51-33-56(40)28-36-10-11-36)48(53-43,24-39-25-50-32-55(39)27-35-8-9-35)31-54-19-16-41(17-20-54)61-46-7-5-6-38(52-46)30-60-45-15-12-34(22-42(45)49)18-21-62(2,3)4/h5-7,12-15,22-23,25-26,32-33,35-36,41,53H,8-11,16-17,19-20,24,27-31H2,1-4H3. The van der Waals surface area contributed by atoms with E-state index in [-0.39, 0.29) is 24.4 Å². The van der Waals surface area contributed by atoms with Crippen LogP contribution in [0, 0.1) is 29.1 Å². The number of pyridine rings is 1. The molecule has 2 aromatic carbocycles. The van der Waals surface area contributed by atoms with Gasteiger partial charge < -0.3 is 33.6 Å². The number of rotatable bonds is 16. The van der Waals surface area contributed by atoms with Crippen LogP contribution in [0.3, 0.4) is 0 Å². The lowest BCUT2D eigenvalue weighted by atomic mass is 9.98. The van der Waals surface area contributed by atoms with Gasteiger partial charge in [0.15, 0.2) is 11.6 Å². The number of imidazole rings is 2. The summed E-state index contributed by atoms with van der Waals surface area (Å²) < 4.78 is 37.1. The number of carbonyl (C=O) groups excluding carboxylic acids is 1. The largest absolute Gasteiger partial charge is 0.484 e. The second-order valence-electron chi connectivity index (χ2n) is 18.6. The zero-order valence-corrected chi connectivity index (χ0v) is 37.3. The van der Waals surface area contributed by atoms with Crippen LogP contribution in [-0.2, 0) is 37.4 Å². The number of ether oxygens (including phenoxy) is 3. The number of hydrogen-bond acceptors (Lipinski definition) is 10. The molecular formula is C48H57FN8O4Si. The van der Waals surface area contributed by atoms with E-state index in [4.69, 9.17) is 19.2 Å². The van der Waals surface area contributed by atoms with Crippen LogP contribution in [0.15, 0.2) is 79.6 Å². The van der Waals surface area contributed by atoms with Gasteiger partial charge in [-0.2, -0.15) is 0 Å². The molecule has 4 aliphatic rings. The first kappa shape index (κ1) is 41.7. The maximum Gasteiger partial charge on any atom is 0.337 e. The van der Waals surface area contributed by atoms with E-state index in [0.29, 0.717) is 47.5 Å². The third kappa shape index (κ3) is 10.0. The molecular weight excluding hydrogens is 800 g/mol. The number of nitrogens with zero attached hydrogens (tertiary/aromatic N) is 7. The van der Waals surface area contributed by atoms with Crippen LogP contribution in [-0.4, -0.2) is 81.5 Å². The van der Waals surface area contributed by atoms with Gasteiger partial charge in [0.2, 0.25) is 5.88 Å². The molecule has 9 rings (SSSR count). The van der Waals surface area contributed by atoms with Crippen molar-refractivity contribution in [3.63, 3.8) is 0 Å². The van der Waals surface area contributed by atoms with Crippen LogP contribution in [0.2, 0.25) is 19.6 Å². The lowest BCUT2D eigenvalue weighted by molar-refractivity contribution is 0.0600. The Bertz CT molecular complexity index is 2460. The fourth-order valence-corrected chi connectivity index (χ4v) is 9.09. The Morgan fingerprint density at radius 3 is 2.34 bits per heavy atom. The molecule has 1 N–H and O–H groups in total. The van der Waals surface area contributed by atoms with Crippen LogP contribution in [0.4, 0.5) is 15.8 Å². The van der Waals surface area contributed by atoms with E-state index < -0.39 is 19.6 Å². The molecule has 1 saturated heterocycles. The van der Waals surface area contributed by atoms with Crippen molar-refractivity contribution in [1.82, 2.24) is 29.0 Å². The molecule has 0 radical (unpaired) electrons. The number of aromatic nitrogens is 5. The summed E-state index contributed by atoms with van der Waals surface area (Å²) in [6.07, 6.45) is 15.3. The van der Waals surface area contributed by atoms with Gasteiger partial charge in [0.05, 0.1) is 54.6 Å². The Morgan fingerprint density at radius 1 is 0.919 bits per heavy atom. The number of esters is 1. The summed E-state index contributed by atoms with van der Waals surface area (Å²) in [6, 6.07) is 16.3. The molecule has 0 spiro atoms. The van der Waals surface area contributed by atoms with E-state index in [1.54, 1.807) is 12.1 Å². The number of anilines is 2. The predicted molar refractivity (Wildman–Crippen MR) is 239 cm³/mol. The molecule has 0 amide bonds. The summed E-state index contributed by atoms with van der Waals surface area (Å²) in [7, 11) is -0.147. The van der Waals surface area contributed by atoms with Gasteiger partial charge in [-0.25, -0.2) is 24.1 Å². The van der Waals surface area contributed by atoms with Crippen molar-refractivity contribution in [1.29, 1.82) is 0 Å². The molecule has 62 heavy (non-hydrogen) atoms. The number of methoxy groups -OCH3 is 1. The molecule has 1 unspecified atom stereocenters. The van der Waals surface area contributed by atoms with E-state index in [1.807, 2.05) is 61.4 Å². The van der Waals surface area contributed by atoms with Gasteiger partial charge in [0.25, 0.3) is 0 Å². The number of likely N-dealkylation sites (tertiary alicyclic amines) is 1. The van der Waals surface area contributed by atoms with Gasteiger partial charge in [0, 0.05) is 68.9 Å². The van der Waals surface area contributed by atoms with Gasteiger partial charge in [-0.15, -0.1) is 5.54 Å². The average molecular weight is 857 g/mol. The number of halogens is 1. The smallest absolute Gasteiger partial charge is 0.337 e. The van der Waals surface area contributed by atoms with Crippen molar-refractivity contribution in [3.05, 3.63) is 114 Å². The molecule has 5 heterocycles. The van der Waals surface area contributed by atoms with Gasteiger partial charge in [-0.05, 0) is 92.8 Å². The van der Waals surface area contributed by atoms with Gasteiger partial charge in [0.1, 0.15) is 26.4 Å². The topological polar surface area (TPSA) is 112 Å². The number of benzene rings is 2. The van der Waals surface area contributed by atoms with Crippen LogP contribution < -0.4 is 19.7 Å².